The van der Waals surface area contributed by atoms with Gasteiger partial charge in [0, 0.05) is 31.6 Å². The fourth-order valence-corrected chi connectivity index (χ4v) is 2.61. The molecule has 110 valence electrons. The van der Waals surface area contributed by atoms with Crippen molar-refractivity contribution in [1.29, 1.82) is 0 Å². The standard InChI is InChI=1S/C16H19N3O2/c1-19-10-13(9-18-19)16(17)14(20)4-2-11-3-5-15-12(8-11)6-7-21-15/h3,5,8-10,16H,2,4,6-7,17H2,1H3. The molecule has 2 N–H and O–H groups in total. The number of rotatable bonds is 5. The van der Waals surface area contributed by atoms with E-state index in [1.807, 2.05) is 19.2 Å². The first-order valence-corrected chi connectivity index (χ1v) is 7.15. The second kappa shape index (κ2) is 5.69. The van der Waals surface area contributed by atoms with Crippen LogP contribution in [0.15, 0.2) is 30.6 Å². The van der Waals surface area contributed by atoms with Crippen LogP contribution in [-0.2, 0) is 24.7 Å². The van der Waals surface area contributed by atoms with Gasteiger partial charge in [-0.05, 0) is 23.6 Å². The molecule has 0 radical (unpaired) electrons. The zero-order chi connectivity index (χ0) is 14.8. The van der Waals surface area contributed by atoms with E-state index in [1.54, 1.807) is 17.1 Å². The van der Waals surface area contributed by atoms with Crippen molar-refractivity contribution < 1.29 is 9.53 Å². The normalized spacial score (nSPS) is 14.6. The summed E-state index contributed by atoms with van der Waals surface area (Å²) in [7, 11) is 1.81. The Kier molecular flexibility index (Phi) is 3.75. The minimum absolute atomic E-state index is 0.0414. The molecule has 3 rings (SSSR count). The number of Topliss-reactive ketones (excluding diaryl/α,β-unsaturated/α-hetero) is 1. The first-order chi connectivity index (χ1) is 10.1. The largest absolute Gasteiger partial charge is 0.493 e. The van der Waals surface area contributed by atoms with E-state index in [0.717, 1.165) is 29.9 Å². The van der Waals surface area contributed by atoms with Crippen molar-refractivity contribution in [1.82, 2.24) is 9.78 Å². The molecular weight excluding hydrogens is 266 g/mol. The Bertz CT molecular complexity index is 663. The number of carbonyl (C=O) groups excluding carboxylic acids is 1. The van der Waals surface area contributed by atoms with E-state index >= 15 is 0 Å². The summed E-state index contributed by atoms with van der Waals surface area (Å²) in [5.74, 6) is 1.01. The highest BCUT2D eigenvalue weighted by Crippen LogP contribution is 2.26. The predicted octanol–water partition coefficient (Wildman–Crippen LogP) is 1.56. The zero-order valence-electron chi connectivity index (χ0n) is 12.1. The minimum atomic E-state index is -0.587. The Hall–Kier alpha value is -2.14. The monoisotopic (exact) mass is 285 g/mol. The SMILES string of the molecule is Cn1cc(C(N)C(=O)CCc2ccc3c(c2)CCO3)cn1. The van der Waals surface area contributed by atoms with Crippen LogP contribution in [0, 0.1) is 0 Å². The smallest absolute Gasteiger partial charge is 0.154 e. The molecule has 2 heterocycles. The van der Waals surface area contributed by atoms with Crippen molar-refractivity contribution in [3.8, 4) is 5.75 Å². The highest BCUT2D eigenvalue weighted by atomic mass is 16.5. The quantitative estimate of drug-likeness (QED) is 0.905. The predicted molar refractivity (Wildman–Crippen MR) is 79.1 cm³/mol. The number of nitrogens with zero attached hydrogens (tertiary/aromatic N) is 2. The van der Waals surface area contributed by atoms with Crippen molar-refractivity contribution in [2.24, 2.45) is 12.8 Å². The van der Waals surface area contributed by atoms with Gasteiger partial charge in [-0.3, -0.25) is 9.48 Å². The van der Waals surface area contributed by atoms with E-state index in [1.165, 1.54) is 5.56 Å². The van der Waals surface area contributed by atoms with Gasteiger partial charge >= 0.3 is 0 Å². The Morgan fingerprint density at radius 2 is 2.38 bits per heavy atom. The number of aryl methyl sites for hydroxylation is 2. The molecule has 0 saturated heterocycles. The van der Waals surface area contributed by atoms with Crippen LogP contribution in [0.3, 0.4) is 0 Å². The topological polar surface area (TPSA) is 70.1 Å². The van der Waals surface area contributed by atoms with E-state index < -0.39 is 6.04 Å². The third-order valence-corrected chi connectivity index (χ3v) is 3.84. The summed E-state index contributed by atoms with van der Waals surface area (Å²) in [4.78, 5) is 12.2. The fraction of sp³-hybridized carbons (Fsp3) is 0.375. The van der Waals surface area contributed by atoms with Gasteiger partial charge in [-0.1, -0.05) is 12.1 Å². The Labute approximate surface area is 123 Å². The van der Waals surface area contributed by atoms with Crippen LogP contribution in [0.4, 0.5) is 0 Å². The number of ketones is 1. The number of carbonyl (C=O) groups is 1. The van der Waals surface area contributed by atoms with Gasteiger partial charge in [0.25, 0.3) is 0 Å². The third-order valence-electron chi connectivity index (χ3n) is 3.84. The fourth-order valence-electron chi connectivity index (χ4n) is 2.61. The molecule has 0 spiro atoms. The first-order valence-electron chi connectivity index (χ1n) is 7.15. The van der Waals surface area contributed by atoms with Crippen molar-refractivity contribution >= 4 is 5.78 Å². The molecule has 1 aliphatic rings. The minimum Gasteiger partial charge on any atom is -0.493 e. The molecule has 1 aromatic carbocycles. The molecule has 1 unspecified atom stereocenters. The Balaban J connectivity index is 1.60. The number of benzene rings is 1. The molecule has 5 heteroatoms. The highest BCUT2D eigenvalue weighted by molar-refractivity contribution is 5.85. The van der Waals surface area contributed by atoms with Crippen LogP contribution in [0.5, 0.6) is 5.75 Å². The summed E-state index contributed by atoms with van der Waals surface area (Å²) in [6.07, 6.45) is 5.53. The first kappa shape index (κ1) is 13.8. The summed E-state index contributed by atoms with van der Waals surface area (Å²) in [5, 5.41) is 4.05. The summed E-state index contributed by atoms with van der Waals surface area (Å²) >= 11 is 0. The highest BCUT2D eigenvalue weighted by Gasteiger charge is 2.18. The number of nitrogens with two attached hydrogens (primary N) is 1. The van der Waals surface area contributed by atoms with Gasteiger partial charge < -0.3 is 10.5 Å². The molecule has 0 amide bonds. The van der Waals surface area contributed by atoms with Crippen LogP contribution in [0.1, 0.15) is 29.2 Å². The number of fused-ring (bicyclic) bond motifs is 1. The van der Waals surface area contributed by atoms with Gasteiger partial charge in [-0.15, -0.1) is 0 Å². The molecular formula is C16H19N3O2. The van der Waals surface area contributed by atoms with E-state index in [2.05, 4.69) is 11.2 Å². The molecule has 2 aromatic rings. The lowest BCUT2D eigenvalue weighted by Gasteiger charge is -2.09. The lowest BCUT2D eigenvalue weighted by molar-refractivity contribution is -0.120. The lowest BCUT2D eigenvalue weighted by Crippen LogP contribution is -2.21. The number of hydrogen-bond acceptors (Lipinski definition) is 4. The van der Waals surface area contributed by atoms with Crippen molar-refractivity contribution in [3.63, 3.8) is 0 Å². The average Bonchev–Trinajstić information content (AvgIpc) is 3.11. The molecule has 0 bridgehead atoms. The molecule has 5 nitrogen and oxygen atoms in total. The zero-order valence-corrected chi connectivity index (χ0v) is 12.1. The van der Waals surface area contributed by atoms with Crippen LogP contribution < -0.4 is 10.5 Å². The maximum atomic E-state index is 12.2. The maximum Gasteiger partial charge on any atom is 0.154 e. The van der Waals surface area contributed by atoms with Gasteiger partial charge in [0.1, 0.15) is 5.75 Å². The molecule has 1 aliphatic heterocycles. The van der Waals surface area contributed by atoms with Gasteiger partial charge in [0.05, 0.1) is 18.8 Å². The lowest BCUT2D eigenvalue weighted by atomic mass is 9.99. The Morgan fingerprint density at radius 3 is 3.14 bits per heavy atom. The summed E-state index contributed by atoms with van der Waals surface area (Å²) in [6, 6.07) is 5.55. The van der Waals surface area contributed by atoms with E-state index in [0.29, 0.717) is 12.8 Å². The molecule has 21 heavy (non-hydrogen) atoms. The maximum absolute atomic E-state index is 12.2. The molecule has 1 aromatic heterocycles. The summed E-state index contributed by atoms with van der Waals surface area (Å²) < 4.78 is 7.14. The second-order valence-electron chi connectivity index (χ2n) is 5.43. The van der Waals surface area contributed by atoms with Gasteiger partial charge in [0.2, 0.25) is 0 Å². The van der Waals surface area contributed by atoms with Crippen molar-refractivity contribution in [2.45, 2.75) is 25.3 Å². The number of ether oxygens (including phenoxy) is 1. The van der Waals surface area contributed by atoms with Crippen LogP contribution in [-0.4, -0.2) is 22.2 Å². The van der Waals surface area contributed by atoms with E-state index in [9.17, 15) is 4.79 Å². The van der Waals surface area contributed by atoms with Gasteiger partial charge in [-0.25, -0.2) is 0 Å². The molecule has 0 saturated carbocycles. The number of hydrogen-bond donors (Lipinski definition) is 1. The second-order valence-corrected chi connectivity index (χ2v) is 5.43. The number of aromatic nitrogens is 2. The average molecular weight is 285 g/mol. The Morgan fingerprint density at radius 1 is 1.52 bits per heavy atom. The third kappa shape index (κ3) is 2.97. The van der Waals surface area contributed by atoms with Crippen LogP contribution >= 0.6 is 0 Å². The van der Waals surface area contributed by atoms with Crippen LogP contribution in [0.2, 0.25) is 0 Å². The van der Waals surface area contributed by atoms with Crippen LogP contribution in [0.25, 0.3) is 0 Å². The van der Waals surface area contributed by atoms with E-state index in [4.69, 9.17) is 10.5 Å². The molecule has 0 fully saturated rings. The summed E-state index contributed by atoms with van der Waals surface area (Å²) in [6.45, 7) is 0.754. The van der Waals surface area contributed by atoms with E-state index in [-0.39, 0.29) is 5.78 Å². The van der Waals surface area contributed by atoms with Gasteiger partial charge in [0.15, 0.2) is 5.78 Å². The summed E-state index contributed by atoms with van der Waals surface area (Å²) in [5.41, 5.74) is 9.14. The van der Waals surface area contributed by atoms with Crippen molar-refractivity contribution in [3.05, 3.63) is 47.3 Å². The van der Waals surface area contributed by atoms with Gasteiger partial charge in [-0.2, -0.15) is 5.10 Å². The van der Waals surface area contributed by atoms with Crippen molar-refractivity contribution in [2.75, 3.05) is 6.61 Å². The molecule has 1 atom stereocenters. The molecule has 0 aliphatic carbocycles.